The Morgan fingerprint density at radius 3 is 2.20 bits per heavy atom. The molecule has 0 spiro atoms. The van der Waals surface area contributed by atoms with Crippen molar-refractivity contribution in [3.05, 3.63) is 120 Å². The summed E-state index contributed by atoms with van der Waals surface area (Å²) in [4.78, 5) is 2.30. The fraction of sp³-hybridized carbons (Fsp3) is 0.172. The summed E-state index contributed by atoms with van der Waals surface area (Å²) in [6.45, 7) is 17.0. The van der Waals surface area contributed by atoms with Gasteiger partial charge in [0.2, 0.25) is 0 Å². The van der Waals surface area contributed by atoms with Gasteiger partial charge in [0.1, 0.15) is 0 Å². The molecule has 4 rings (SSSR count). The van der Waals surface area contributed by atoms with Gasteiger partial charge in [-0.3, -0.25) is 0 Å². The summed E-state index contributed by atoms with van der Waals surface area (Å²) in [5.41, 5.74) is 11.0. The maximum Gasteiger partial charge on any atom is 0.0490 e. The zero-order valence-electron chi connectivity index (χ0n) is 18.4. The van der Waals surface area contributed by atoms with Gasteiger partial charge in [-0.15, -0.1) is 0 Å². The van der Waals surface area contributed by atoms with Gasteiger partial charge in [0.05, 0.1) is 0 Å². The predicted molar refractivity (Wildman–Crippen MR) is 130 cm³/mol. The third-order valence-electron chi connectivity index (χ3n) is 6.33. The van der Waals surface area contributed by atoms with E-state index in [1.54, 1.807) is 0 Å². The second-order valence-corrected chi connectivity index (χ2v) is 8.50. The molecule has 3 aromatic rings. The molecule has 0 aromatic heterocycles. The molecule has 0 heterocycles. The van der Waals surface area contributed by atoms with Crippen LogP contribution < -0.4 is 4.90 Å². The van der Waals surface area contributed by atoms with E-state index in [0.717, 1.165) is 22.6 Å². The van der Waals surface area contributed by atoms with Gasteiger partial charge in [0.15, 0.2) is 0 Å². The number of hydrogen-bond acceptors (Lipinski definition) is 1. The van der Waals surface area contributed by atoms with Crippen LogP contribution in [0, 0.1) is 6.92 Å². The van der Waals surface area contributed by atoms with Gasteiger partial charge in [0, 0.05) is 22.5 Å². The van der Waals surface area contributed by atoms with Crippen LogP contribution in [0.5, 0.6) is 0 Å². The quantitative estimate of drug-likeness (QED) is 0.397. The van der Waals surface area contributed by atoms with Crippen molar-refractivity contribution in [3.8, 4) is 11.1 Å². The van der Waals surface area contributed by atoms with Crippen molar-refractivity contribution in [3.63, 3.8) is 0 Å². The zero-order valence-corrected chi connectivity index (χ0v) is 18.4. The third kappa shape index (κ3) is 3.02. The molecule has 0 aliphatic heterocycles. The van der Waals surface area contributed by atoms with Gasteiger partial charge in [-0.2, -0.15) is 0 Å². The molecule has 1 heteroatoms. The smallest absolute Gasteiger partial charge is 0.0490 e. The van der Waals surface area contributed by atoms with Gasteiger partial charge in [-0.05, 0) is 71.5 Å². The third-order valence-corrected chi connectivity index (χ3v) is 6.33. The van der Waals surface area contributed by atoms with Gasteiger partial charge >= 0.3 is 0 Å². The standard InChI is InChI=1S/C29H29N/c1-7-20(3)27(8-2)30(28-16-12-9-13-21(28)4)22-17-18-24-23-14-10-11-15-25(23)29(5,6)26(24)19-22/h7-19H,1-2H2,3-6H3/b27-20+. The summed E-state index contributed by atoms with van der Waals surface area (Å²) in [6, 6.07) is 24.1. The topological polar surface area (TPSA) is 3.24 Å². The Labute approximate surface area is 180 Å². The largest absolute Gasteiger partial charge is 0.310 e. The number of benzene rings is 3. The van der Waals surface area contributed by atoms with E-state index in [4.69, 9.17) is 0 Å². The minimum Gasteiger partial charge on any atom is -0.310 e. The Balaban J connectivity index is 1.97. The second kappa shape index (κ2) is 7.50. The van der Waals surface area contributed by atoms with Gasteiger partial charge in [-0.25, -0.2) is 0 Å². The predicted octanol–water partition coefficient (Wildman–Crippen LogP) is 8.09. The molecular weight excluding hydrogens is 362 g/mol. The molecule has 1 nitrogen and oxygen atoms in total. The minimum absolute atomic E-state index is 0.0368. The van der Waals surface area contributed by atoms with E-state index in [-0.39, 0.29) is 5.41 Å². The van der Waals surface area contributed by atoms with E-state index < -0.39 is 0 Å². The highest BCUT2D eigenvalue weighted by atomic mass is 15.1. The van der Waals surface area contributed by atoms with Crippen LogP contribution in [-0.2, 0) is 5.41 Å². The number of anilines is 2. The van der Waals surface area contributed by atoms with E-state index in [1.165, 1.54) is 27.8 Å². The lowest BCUT2D eigenvalue weighted by Crippen LogP contribution is -2.19. The fourth-order valence-electron chi connectivity index (χ4n) is 4.59. The molecule has 1 aliphatic rings. The molecule has 1 aliphatic carbocycles. The van der Waals surface area contributed by atoms with Crippen molar-refractivity contribution in [2.75, 3.05) is 4.90 Å². The fourth-order valence-corrected chi connectivity index (χ4v) is 4.59. The molecule has 150 valence electrons. The molecular formula is C29H29N. The lowest BCUT2D eigenvalue weighted by Gasteiger charge is -2.30. The molecule has 0 amide bonds. The molecule has 0 atom stereocenters. The summed E-state index contributed by atoms with van der Waals surface area (Å²) in [5, 5.41) is 0. The number of fused-ring (bicyclic) bond motifs is 3. The van der Waals surface area contributed by atoms with Crippen LogP contribution >= 0.6 is 0 Å². The summed E-state index contributed by atoms with van der Waals surface area (Å²) in [7, 11) is 0. The number of rotatable bonds is 5. The van der Waals surface area contributed by atoms with Crippen LogP contribution in [0.4, 0.5) is 11.4 Å². The summed E-state index contributed by atoms with van der Waals surface area (Å²) in [5.74, 6) is 0. The van der Waals surface area contributed by atoms with E-state index in [2.05, 4.69) is 112 Å². The Hall–Kier alpha value is -3.32. The van der Waals surface area contributed by atoms with Crippen molar-refractivity contribution in [1.82, 2.24) is 0 Å². The van der Waals surface area contributed by atoms with Crippen molar-refractivity contribution < 1.29 is 0 Å². The van der Waals surface area contributed by atoms with Gasteiger partial charge in [0.25, 0.3) is 0 Å². The number of para-hydroxylation sites is 1. The Kier molecular flexibility index (Phi) is 4.99. The first-order valence-electron chi connectivity index (χ1n) is 10.5. The van der Waals surface area contributed by atoms with E-state index in [0.29, 0.717) is 0 Å². The van der Waals surface area contributed by atoms with Crippen LogP contribution in [0.15, 0.2) is 103 Å². The Morgan fingerprint density at radius 2 is 1.50 bits per heavy atom. The highest BCUT2D eigenvalue weighted by Gasteiger charge is 2.35. The van der Waals surface area contributed by atoms with E-state index in [1.807, 2.05) is 12.2 Å². The highest BCUT2D eigenvalue weighted by molar-refractivity contribution is 5.84. The lowest BCUT2D eigenvalue weighted by atomic mass is 9.82. The summed E-state index contributed by atoms with van der Waals surface area (Å²) >= 11 is 0. The normalized spacial score (nSPS) is 14.4. The van der Waals surface area contributed by atoms with E-state index >= 15 is 0 Å². The average molecular weight is 392 g/mol. The first-order valence-corrected chi connectivity index (χ1v) is 10.5. The second-order valence-electron chi connectivity index (χ2n) is 8.50. The van der Waals surface area contributed by atoms with Gasteiger partial charge in [-0.1, -0.05) is 81.6 Å². The van der Waals surface area contributed by atoms with Crippen molar-refractivity contribution in [1.29, 1.82) is 0 Å². The molecule has 0 saturated carbocycles. The monoisotopic (exact) mass is 391 g/mol. The number of nitrogens with zero attached hydrogens (tertiary/aromatic N) is 1. The molecule has 0 radical (unpaired) electrons. The molecule has 0 bridgehead atoms. The molecule has 0 fully saturated rings. The van der Waals surface area contributed by atoms with Crippen LogP contribution in [0.1, 0.15) is 37.5 Å². The number of hydrogen-bond donors (Lipinski definition) is 0. The maximum atomic E-state index is 4.12. The molecule has 0 N–H and O–H groups in total. The first kappa shape index (κ1) is 20.0. The summed E-state index contributed by atoms with van der Waals surface area (Å²) < 4.78 is 0. The van der Waals surface area contributed by atoms with Crippen molar-refractivity contribution >= 4 is 11.4 Å². The van der Waals surface area contributed by atoms with Crippen molar-refractivity contribution in [2.24, 2.45) is 0 Å². The Morgan fingerprint density at radius 1 is 0.833 bits per heavy atom. The van der Waals surface area contributed by atoms with Crippen molar-refractivity contribution in [2.45, 2.75) is 33.1 Å². The summed E-state index contributed by atoms with van der Waals surface area (Å²) in [6.07, 6.45) is 3.83. The molecule has 0 unspecified atom stereocenters. The molecule has 3 aromatic carbocycles. The zero-order chi connectivity index (χ0) is 21.5. The minimum atomic E-state index is -0.0368. The van der Waals surface area contributed by atoms with E-state index in [9.17, 15) is 0 Å². The molecule has 0 saturated heterocycles. The first-order chi connectivity index (χ1) is 14.4. The highest BCUT2D eigenvalue weighted by Crippen LogP contribution is 2.50. The number of aryl methyl sites for hydroxylation is 1. The SMILES string of the molecule is C=C/C(C)=C(\C=C)N(c1ccc2c(c1)C(C)(C)c1ccccc1-2)c1ccccc1C. The number of allylic oxidation sites excluding steroid dienone is 3. The van der Waals surface area contributed by atoms with Crippen LogP contribution in [-0.4, -0.2) is 0 Å². The average Bonchev–Trinajstić information content (AvgIpc) is 2.99. The van der Waals surface area contributed by atoms with Crippen LogP contribution in [0.25, 0.3) is 11.1 Å². The lowest BCUT2D eigenvalue weighted by molar-refractivity contribution is 0.660. The Bertz CT molecular complexity index is 1180. The maximum absolute atomic E-state index is 4.12. The van der Waals surface area contributed by atoms with Gasteiger partial charge < -0.3 is 4.90 Å². The van der Waals surface area contributed by atoms with Crippen LogP contribution in [0.2, 0.25) is 0 Å². The van der Waals surface area contributed by atoms with Crippen LogP contribution in [0.3, 0.4) is 0 Å². The molecule has 30 heavy (non-hydrogen) atoms.